The largest absolute Gasteiger partial charge is 0.311 e. The van der Waals surface area contributed by atoms with Crippen molar-refractivity contribution in [3.05, 3.63) is 34.1 Å². The Balaban J connectivity index is 2.23. The van der Waals surface area contributed by atoms with Crippen LogP contribution >= 0.6 is 0 Å². The van der Waals surface area contributed by atoms with Crippen LogP contribution < -0.4 is 10.2 Å². The third kappa shape index (κ3) is 2.77. The number of nitrogens with one attached hydrogen (secondary N) is 1. The zero-order valence-electron chi connectivity index (χ0n) is 11.3. The van der Waals surface area contributed by atoms with Crippen molar-refractivity contribution in [3.63, 3.8) is 0 Å². The van der Waals surface area contributed by atoms with Crippen LogP contribution in [0.15, 0.2) is 18.2 Å². The zero-order chi connectivity index (χ0) is 14.9. The van der Waals surface area contributed by atoms with E-state index in [9.17, 15) is 19.3 Å². The van der Waals surface area contributed by atoms with E-state index in [4.69, 9.17) is 0 Å². The van der Waals surface area contributed by atoms with Crippen LogP contribution in [0.25, 0.3) is 0 Å². The summed E-state index contributed by atoms with van der Waals surface area (Å²) in [6.45, 7) is 4.35. The molecule has 108 valence electrons. The monoisotopic (exact) mass is 281 g/mol. The lowest BCUT2D eigenvalue weighted by atomic mass is 10.2. The number of carbonyl (C=O) groups excluding carboxylic acids is 1. The van der Waals surface area contributed by atoms with E-state index in [1.165, 1.54) is 11.0 Å². The van der Waals surface area contributed by atoms with E-state index in [-0.39, 0.29) is 18.0 Å². The van der Waals surface area contributed by atoms with Gasteiger partial charge in [0.25, 0.3) is 0 Å². The molecule has 1 fully saturated rings. The second kappa shape index (κ2) is 5.54. The normalized spacial score (nSPS) is 18.9. The summed E-state index contributed by atoms with van der Waals surface area (Å²) in [5, 5.41) is 13.9. The predicted octanol–water partition coefficient (Wildman–Crippen LogP) is 1.84. The first-order valence-corrected chi connectivity index (χ1v) is 6.41. The number of amides is 1. The van der Waals surface area contributed by atoms with Crippen LogP contribution in [-0.4, -0.2) is 29.5 Å². The van der Waals surface area contributed by atoms with E-state index < -0.39 is 16.4 Å². The lowest BCUT2D eigenvalue weighted by Gasteiger charge is -2.18. The summed E-state index contributed by atoms with van der Waals surface area (Å²) in [6.07, 6.45) is 0.627. The Kier molecular flexibility index (Phi) is 3.99. The molecule has 0 radical (unpaired) electrons. The van der Waals surface area contributed by atoms with Crippen LogP contribution in [0.1, 0.15) is 20.3 Å². The van der Waals surface area contributed by atoms with Crippen LogP contribution in [-0.2, 0) is 4.79 Å². The highest BCUT2D eigenvalue weighted by molar-refractivity contribution is 5.99. The third-order valence-corrected chi connectivity index (χ3v) is 3.18. The van der Waals surface area contributed by atoms with E-state index >= 15 is 0 Å². The molecule has 20 heavy (non-hydrogen) atoms. The molecule has 7 heteroatoms. The van der Waals surface area contributed by atoms with E-state index in [1.54, 1.807) is 0 Å². The molecule has 1 N–H and O–H groups in total. The lowest BCUT2D eigenvalue weighted by molar-refractivity contribution is -0.387. The molecule has 1 amide bonds. The van der Waals surface area contributed by atoms with Gasteiger partial charge in [-0.25, -0.2) is 0 Å². The van der Waals surface area contributed by atoms with E-state index in [0.29, 0.717) is 18.7 Å². The minimum absolute atomic E-state index is 0.139. The Hall–Kier alpha value is -2.02. The van der Waals surface area contributed by atoms with Gasteiger partial charge in [0.1, 0.15) is 0 Å². The molecule has 0 saturated carbocycles. The molecule has 0 aliphatic carbocycles. The predicted molar refractivity (Wildman–Crippen MR) is 72.1 cm³/mol. The fourth-order valence-corrected chi connectivity index (χ4v) is 2.30. The molecule has 1 aliphatic heterocycles. The van der Waals surface area contributed by atoms with Crippen molar-refractivity contribution < 1.29 is 14.1 Å². The van der Waals surface area contributed by atoms with Gasteiger partial charge in [-0.05, 0) is 18.6 Å². The second-order valence-corrected chi connectivity index (χ2v) is 5.05. The summed E-state index contributed by atoms with van der Waals surface area (Å²) < 4.78 is 13.3. The molecular weight excluding hydrogens is 265 g/mol. The molecule has 0 spiro atoms. The van der Waals surface area contributed by atoms with Crippen molar-refractivity contribution in [1.29, 1.82) is 0 Å². The number of nitro groups is 1. The number of rotatable bonds is 4. The van der Waals surface area contributed by atoms with E-state index in [1.807, 2.05) is 13.8 Å². The van der Waals surface area contributed by atoms with Gasteiger partial charge in [-0.15, -0.1) is 0 Å². The maximum Gasteiger partial charge on any atom is 0.306 e. The van der Waals surface area contributed by atoms with Gasteiger partial charge in [-0.3, -0.25) is 14.9 Å². The standard InChI is InChI=1S/C13H16FN3O3/c1-8(2)15-11-5-6-16(13(11)18)9-3-4-10(14)12(7-9)17(19)20/h3-4,7-8,11,15H,5-6H2,1-2H3. The van der Waals surface area contributed by atoms with Crippen LogP contribution in [0.5, 0.6) is 0 Å². The molecule has 2 rings (SSSR count). The molecule has 1 atom stereocenters. The zero-order valence-corrected chi connectivity index (χ0v) is 11.3. The Labute approximate surface area is 115 Å². The number of anilines is 1. The van der Waals surface area contributed by atoms with Crippen LogP contribution in [0, 0.1) is 15.9 Å². The second-order valence-electron chi connectivity index (χ2n) is 5.05. The summed E-state index contributed by atoms with van der Waals surface area (Å²) >= 11 is 0. The minimum Gasteiger partial charge on any atom is -0.311 e. The fraction of sp³-hybridized carbons (Fsp3) is 0.462. The SMILES string of the molecule is CC(C)NC1CCN(c2ccc(F)c([N+](=O)[O-])c2)C1=O. The number of hydrogen-bond donors (Lipinski definition) is 1. The molecule has 6 nitrogen and oxygen atoms in total. The van der Waals surface area contributed by atoms with E-state index in [0.717, 1.165) is 12.1 Å². The van der Waals surface area contributed by atoms with Crippen LogP contribution in [0.4, 0.5) is 15.8 Å². The average Bonchev–Trinajstić information content (AvgIpc) is 2.71. The average molecular weight is 281 g/mol. The number of hydrogen-bond acceptors (Lipinski definition) is 4. The third-order valence-electron chi connectivity index (χ3n) is 3.18. The summed E-state index contributed by atoms with van der Waals surface area (Å²) in [5.74, 6) is -1.04. The van der Waals surface area contributed by atoms with Gasteiger partial charge in [0.15, 0.2) is 0 Å². The number of halogens is 1. The highest BCUT2D eigenvalue weighted by Crippen LogP contribution is 2.27. The van der Waals surface area contributed by atoms with Crippen molar-refractivity contribution in [2.75, 3.05) is 11.4 Å². The number of benzene rings is 1. The Bertz CT molecular complexity index is 548. The molecule has 0 aromatic heterocycles. The van der Waals surface area contributed by atoms with Crippen LogP contribution in [0.2, 0.25) is 0 Å². The van der Waals surface area contributed by atoms with E-state index in [2.05, 4.69) is 5.32 Å². The van der Waals surface area contributed by atoms with Crippen molar-refractivity contribution in [2.45, 2.75) is 32.4 Å². The topological polar surface area (TPSA) is 75.5 Å². The molecule has 1 aliphatic rings. The number of carbonyl (C=O) groups is 1. The summed E-state index contributed by atoms with van der Waals surface area (Å²) in [4.78, 5) is 23.6. The first-order valence-electron chi connectivity index (χ1n) is 6.41. The Morgan fingerprint density at radius 2 is 2.20 bits per heavy atom. The fourth-order valence-electron chi connectivity index (χ4n) is 2.30. The summed E-state index contributed by atoms with van der Waals surface area (Å²) in [7, 11) is 0. The van der Waals surface area contributed by atoms with Gasteiger partial charge in [0, 0.05) is 18.7 Å². The summed E-state index contributed by atoms with van der Waals surface area (Å²) in [6, 6.07) is 3.39. The Morgan fingerprint density at radius 1 is 1.50 bits per heavy atom. The lowest BCUT2D eigenvalue weighted by Crippen LogP contribution is -2.41. The van der Waals surface area contributed by atoms with Crippen molar-refractivity contribution in [2.24, 2.45) is 0 Å². The van der Waals surface area contributed by atoms with Gasteiger partial charge in [-0.2, -0.15) is 4.39 Å². The quantitative estimate of drug-likeness (QED) is 0.675. The van der Waals surface area contributed by atoms with Gasteiger partial charge in [0.2, 0.25) is 11.7 Å². The molecule has 1 aromatic rings. The Morgan fingerprint density at radius 3 is 2.80 bits per heavy atom. The van der Waals surface area contributed by atoms with Crippen molar-refractivity contribution >= 4 is 17.3 Å². The maximum atomic E-state index is 13.3. The molecule has 1 aromatic carbocycles. The van der Waals surface area contributed by atoms with Gasteiger partial charge >= 0.3 is 5.69 Å². The molecular formula is C13H16FN3O3. The molecule has 0 bridgehead atoms. The molecule has 1 unspecified atom stereocenters. The first kappa shape index (κ1) is 14.4. The van der Waals surface area contributed by atoms with Crippen molar-refractivity contribution in [1.82, 2.24) is 5.32 Å². The highest BCUT2D eigenvalue weighted by atomic mass is 19.1. The molecule has 1 heterocycles. The van der Waals surface area contributed by atoms with Crippen molar-refractivity contribution in [3.8, 4) is 0 Å². The summed E-state index contributed by atoms with van der Waals surface area (Å²) in [5.41, 5.74) is -0.258. The number of nitrogens with zero attached hydrogens (tertiary/aromatic N) is 2. The van der Waals surface area contributed by atoms with Gasteiger partial charge in [-0.1, -0.05) is 13.8 Å². The number of nitro benzene ring substituents is 1. The van der Waals surface area contributed by atoms with Gasteiger partial charge in [0.05, 0.1) is 16.7 Å². The smallest absolute Gasteiger partial charge is 0.306 e. The molecule has 1 saturated heterocycles. The van der Waals surface area contributed by atoms with Gasteiger partial charge < -0.3 is 10.2 Å². The minimum atomic E-state index is -0.901. The maximum absolute atomic E-state index is 13.3. The highest BCUT2D eigenvalue weighted by Gasteiger charge is 2.33. The van der Waals surface area contributed by atoms with Crippen LogP contribution in [0.3, 0.4) is 0 Å². The first-order chi connectivity index (χ1) is 9.40.